The van der Waals surface area contributed by atoms with E-state index in [1.807, 2.05) is 18.2 Å². The van der Waals surface area contributed by atoms with Crippen LogP contribution in [0.25, 0.3) is 0 Å². The summed E-state index contributed by atoms with van der Waals surface area (Å²) in [6.45, 7) is 13.9. The van der Waals surface area contributed by atoms with Gasteiger partial charge < -0.3 is 24.3 Å². The molecule has 0 saturated carbocycles. The molecule has 10 heteroatoms. The fraction of sp³-hybridized carbons (Fsp3) is 0.630. The number of benzene rings is 1. The molecule has 0 radical (unpaired) electrons. The number of ether oxygens (including phenoxy) is 4. The van der Waals surface area contributed by atoms with E-state index < -0.39 is 47.4 Å². The van der Waals surface area contributed by atoms with Gasteiger partial charge in [0.15, 0.2) is 0 Å². The van der Waals surface area contributed by atoms with Gasteiger partial charge in [0, 0.05) is 0 Å². The van der Waals surface area contributed by atoms with Gasteiger partial charge in [0.2, 0.25) is 0 Å². The first-order valence-corrected chi connectivity index (χ1v) is 12.5. The average molecular weight is 523 g/mol. The van der Waals surface area contributed by atoms with Crippen LogP contribution in [0, 0.1) is 0 Å². The van der Waals surface area contributed by atoms with Gasteiger partial charge in [0.1, 0.15) is 29.9 Å². The quantitative estimate of drug-likeness (QED) is 0.253. The molecule has 10 nitrogen and oxygen atoms in total. The Bertz CT molecular complexity index is 862. The number of nitrogens with zero attached hydrogens (tertiary/aromatic N) is 1. The number of carbonyl (C=O) groups is 4. The first-order chi connectivity index (χ1) is 17.1. The van der Waals surface area contributed by atoms with Crippen molar-refractivity contribution in [3.63, 3.8) is 0 Å². The van der Waals surface area contributed by atoms with E-state index in [0.29, 0.717) is 17.9 Å². The molecule has 0 saturated heterocycles. The van der Waals surface area contributed by atoms with Crippen molar-refractivity contribution in [2.45, 2.75) is 98.1 Å². The molecule has 0 aliphatic carbocycles. The van der Waals surface area contributed by atoms with Crippen LogP contribution in [0.2, 0.25) is 0 Å². The molecule has 208 valence electrons. The van der Waals surface area contributed by atoms with Gasteiger partial charge in [-0.15, -0.1) is 0 Å². The molecule has 0 aromatic heterocycles. The van der Waals surface area contributed by atoms with Gasteiger partial charge in [0.25, 0.3) is 0 Å². The van der Waals surface area contributed by atoms with Crippen molar-refractivity contribution >= 4 is 24.1 Å². The molecule has 2 atom stereocenters. The van der Waals surface area contributed by atoms with Gasteiger partial charge in [-0.1, -0.05) is 30.3 Å². The van der Waals surface area contributed by atoms with E-state index in [9.17, 15) is 19.2 Å². The van der Waals surface area contributed by atoms with Gasteiger partial charge >= 0.3 is 24.1 Å². The number of hydrogen-bond donors (Lipinski definition) is 1. The SMILES string of the molecule is CCOC(=O)[C@@H](C)NCCC[C@H](C(=O)OCc1ccccc1)N(C(=O)OC(C)(C)C)C(=O)OC(C)(C)C. The molecule has 0 aliphatic rings. The molecule has 37 heavy (non-hydrogen) atoms. The third kappa shape index (κ3) is 12.6. The van der Waals surface area contributed by atoms with E-state index in [4.69, 9.17) is 18.9 Å². The molecule has 1 aromatic carbocycles. The van der Waals surface area contributed by atoms with Crippen LogP contribution in [0.3, 0.4) is 0 Å². The van der Waals surface area contributed by atoms with Crippen molar-refractivity contribution < 1.29 is 38.1 Å². The standard InChI is InChI=1S/C27H42N2O8/c1-9-34-22(30)19(2)28-17-13-16-21(23(31)35-18-20-14-11-10-12-15-20)29(24(32)36-26(3,4)5)25(33)37-27(6,7)8/h10-12,14-15,19,21,28H,9,13,16-18H2,1-8H3/t19-,21-/m1/s1. The number of hydrogen-bond acceptors (Lipinski definition) is 9. The summed E-state index contributed by atoms with van der Waals surface area (Å²) in [7, 11) is 0. The summed E-state index contributed by atoms with van der Waals surface area (Å²) in [4.78, 5) is 52.0. The fourth-order valence-electron chi connectivity index (χ4n) is 3.09. The van der Waals surface area contributed by atoms with Crippen molar-refractivity contribution in [1.82, 2.24) is 10.2 Å². The van der Waals surface area contributed by atoms with Gasteiger partial charge in [-0.2, -0.15) is 4.90 Å². The first-order valence-electron chi connectivity index (χ1n) is 12.5. The van der Waals surface area contributed by atoms with Crippen LogP contribution in [-0.4, -0.2) is 65.5 Å². The maximum atomic E-state index is 13.2. The predicted molar refractivity (Wildman–Crippen MR) is 138 cm³/mol. The zero-order valence-corrected chi connectivity index (χ0v) is 23.3. The Labute approximate surface area is 220 Å². The van der Waals surface area contributed by atoms with Crippen LogP contribution in [0.1, 0.15) is 73.8 Å². The molecule has 1 rings (SSSR count). The van der Waals surface area contributed by atoms with E-state index in [1.165, 1.54) is 0 Å². The van der Waals surface area contributed by atoms with Gasteiger partial charge in [-0.3, -0.25) is 4.79 Å². The zero-order chi connectivity index (χ0) is 28.2. The van der Waals surface area contributed by atoms with Crippen molar-refractivity contribution in [1.29, 1.82) is 0 Å². The maximum Gasteiger partial charge on any atom is 0.420 e. The van der Waals surface area contributed by atoms with E-state index in [1.54, 1.807) is 67.5 Å². The predicted octanol–water partition coefficient (Wildman–Crippen LogP) is 4.59. The molecule has 0 aliphatic heterocycles. The highest BCUT2D eigenvalue weighted by Gasteiger charge is 2.41. The Morgan fingerprint density at radius 2 is 1.41 bits per heavy atom. The second-order valence-electron chi connectivity index (χ2n) is 10.5. The number of carbonyl (C=O) groups excluding carboxylic acids is 4. The van der Waals surface area contributed by atoms with Crippen molar-refractivity contribution in [3.05, 3.63) is 35.9 Å². The minimum Gasteiger partial charge on any atom is -0.465 e. The largest absolute Gasteiger partial charge is 0.465 e. The normalized spacial score (nSPS) is 13.2. The summed E-state index contributed by atoms with van der Waals surface area (Å²) in [5, 5.41) is 3.02. The second-order valence-corrected chi connectivity index (χ2v) is 10.5. The van der Waals surface area contributed by atoms with Crippen molar-refractivity contribution in [3.8, 4) is 0 Å². The summed E-state index contributed by atoms with van der Waals surface area (Å²) in [6, 6.07) is 7.18. The minimum atomic E-state index is -1.31. The number of imide groups is 1. The Balaban J connectivity index is 3.14. The Kier molecular flexibility index (Phi) is 12.6. The Morgan fingerprint density at radius 1 is 0.865 bits per heavy atom. The highest BCUT2D eigenvalue weighted by Crippen LogP contribution is 2.20. The van der Waals surface area contributed by atoms with Crippen LogP contribution in [0.15, 0.2) is 30.3 Å². The molecule has 1 N–H and O–H groups in total. The summed E-state index contributed by atoms with van der Waals surface area (Å²) in [5.74, 6) is -1.18. The summed E-state index contributed by atoms with van der Waals surface area (Å²) in [6.07, 6.45) is -1.65. The van der Waals surface area contributed by atoms with Crippen LogP contribution >= 0.6 is 0 Å². The van der Waals surface area contributed by atoms with E-state index in [-0.39, 0.29) is 19.6 Å². The first kappa shape index (κ1) is 31.9. The minimum absolute atomic E-state index is 0.0369. The highest BCUT2D eigenvalue weighted by atomic mass is 16.6. The van der Waals surface area contributed by atoms with Gasteiger partial charge in [-0.25, -0.2) is 14.4 Å². The molecule has 0 fully saturated rings. The molecule has 0 bridgehead atoms. The molecular weight excluding hydrogens is 480 g/mol. The lowest BCUT2D eigenvalue weighted by atomic mass is 10.1. The number of amides is 2. The van der Waals surface area contributed by atoms with Crippen molar-refractivity contribution in [2.75, 3.05) is 13.2 Å². The molecule has 0 heterocycles. The summed E-state index contributed by atoms with van der Waals surface area (Å²) >= 11 is 0. The second kappa shape index (κ2) is 14.6. The lowest BCUT2D eigenvalue weighted by molar-refractivity contribution is -0.151. The highest BCUT2D eigenvalue weighted by molar-refractivity contribution is 5.94. The van der Waals surface area contributed by atoms with E-state index in [2.05, 4.69) is 5.32 Å². The molecule has 0 spiro atoms. The zero-order valence-electron chi connectivity index (χ0n) is 23.3. The third-order valence-electron chi connectivity index (χ3n) is 4.73. The Hall–Kier alpha value is -3.14. The van der Waals surface area contributed by atoms with Crippen LogP contribution < -0.4 is 5.32 Å². The lowest BCUT2D eigenvalue weighted by Crippen LogP contribution is -2.52. The third-order valence-corrected chi connectivity index (χ3v) is 4.73. The van der Waals surface area contributed by atoms with Gasteiger partial charge in [0.05, 0.1) is 6.61 Å². The molecule has 2 amide bonds. The van der Waals surface area contributed by atoms with Crippen LogP contribution in [0.4, 0.5) is 9.59 Å². The van der Waals surface area contributed by atoms with Gasteiger partial charge in [-0.05, 0) is 80.3 Å². The van der Waals surface area contributed by atoms with Crippen LogP contribution in [-0.2, 0) is 35.1 Å². The van der Waals surface area contributed by atoms with E-state index in [0.717, 1.165) is 5.56 Å². The van der Waals surface area contributed by atoms with E-state index >= 15 is 0 Å². The maximum absolute atomic E-state index is 13.2. The molecule has 0 unspecified atom stereocenters. The monoisotopic (exact) mass is 522 g/mol. The molecular formula is C27H42N2O8. The van der Waals surface area contributed by atoms with Crippen LogP contribution in [0.5, 0.6) is 0 Å². The number of esters is 2. The number of nitrogens with one attached hydrogen (secondary N) is 1. The molecule has 1 aromatic rings. The topological polar surface area (TPSA) is 120 Å². The lowest BCUT2D eigenvalue weighted by Gasteiger charge is -2.32. The summed E-state index contributed by atoms with van der Waals surface area (Å²) < 4.78 is 21.3. The number of rotatable bonds is 11. The Morgan fingerprint density at radius 3 is 1.89 bits per heavy atom. The fourth-order valence-corrected chi connectivity index (χ4v) is 3.09. The van der Waals surface area contributed by atoms with Crippen molar-refractivity contribution in [2.24, 2.45) is 0 Å². The smallest absolute Gasteiger partial charge is 0.420 e. The average Bonchev–Trinajstić information content (AvgIpc) is 2.77. The summed E-state index contributed by atoms with van der Waals surface area (Å²) in [5.41, 5.74) is -1.10.